The molecule has 38 heavy (non-hydrogen) atoms. The number of imidazole rings is 1. The molecule has 0 saturated carbocycles. The minimum atomic E-state index is -4.47. The first-order valence-corrected chi connectivity index (χ1v) is 14.6. The number of aromatic nitrogens is 3. The lowest BCUT2D eigenvalue weighted by Crippen LogP contribution is -2.38. The molecule has 3 fully saturated rings. The van der Waals surface area contributed by atoms with Gasteiger partial charge >= 0.3 is 16.3 Å². The van der Waals surface area contributed by atoms with E-state index >= 15 is 0 Å². The van der Waals surface area contributed by atoms with Gasteiger partial charge in [0.1, 0.15) is 23.8 Å². The van der Waals surface area contributed by atoms with E-state index in [-0.39, 0.29) is 35.6 Å². The number of nitrogens with two attached hydrogens (primary N) is 1. The molecule has 7 N–H and O–H groups in total. The van der Waals surface area contributed by atoms with Gasteiger partial charge in [0.25, 0.3) is 0 Å². The summed E-state index contributed by atoms with van der Waals surface area (Å²) in [7, 11) is -4.47. The van der Waals surface area contributed by atoms with Gasteiger partial charge in [0, 0.05) is 23.6 Å². The molecule has 3 amide bonds. The molecule has 3 aliphatic heterocycles. The fourth-order valence-corrected chi connectivity index (χ4v) is 7.23. The Morgan fingerprint density at radius 3 is 2.92 bits per heavy atom. The lowest BCUT2D eigenvalue weighted by atomic mass is 10.0. The molecule has 3 saturated heterocycles. The lowest BCUT2D eigenvalue weighted by molar-refractivity contribution is -0.119. The van der Waals surface area contributed by atoms with Gasteiger partial charge < -0.3 is 35.9 Å². The van der Waals surface area contributed by atoms with Gasteiger partial charge in [-0.2, -0.15) is 20.2 Å². The largest absolute Gasteiger partial charge is 0.387 e. The van der Waals surface area contributed by atoms with Gasteiger partial charge in [0.2, 0.25) is 5.91 Å². The van der Waals surface area contributed by atoms with E-state index in [0.717, 1.165) is 12.2 Å². The molecule has 0 aromatic carbocycles. The molecule has 2 aromatic heterocycles. The fraction of sp³-hybridized carbons (Fsp3) is 0.619. The standard InChI is InChI=1S/C21H29N7O8S2/c22-19-16-11(5-6-23-19)28(9-24-16)20-18(31)17(30)12(36-20)7-35-38(33,34)27-14(29)4-2-1-3-13-15-10(8-37-13)25-21(32)26-15/h5-6,9-10,12-13,15,17-18,20,30-31H,1-4,7-8H2,(H2,22,23)(H,27,29)(H2,25,26,32)/t10-,12+,13-,15-,17+,18+,20+/m0/s1. The van der Waals surface area contributed by atoms with Crippen LogP contribution in [-0.4, -0.2) is 93.1 Å². The van der Waals surface area contributed by atoms with Crippen LogP contribution < -0.4 is 21.1 Å². The number of nitrogens with one attached hydrogen (secondary N) is 3. The van der Waals surface area contributed by atoms with Crippen LogP contribution in [-0.2, 0) is 24.0 Å². The molecular weight excluding hydrogens is 542 g/mol. The lowest BCUT2D eigenvalue weighted by Gasteiger charge is -2.17. The highest BCUT2D eigenvalue weighted by Crippen LogP contribution is 2.34. The monoisotopic (exact) mass is 571 g/mol. The quantitative estimate of drug-likeness (QED) is 0.145. The summed E-state index contributed by atoms with van der Waals surface area (Å²) in [6.07, 6.45) is -0.391. The molecule has 5 heterocycles. The van der Waals surface area contributed by atoms with Gasteiger partial charge in [0.05, 0.1) is 30.5 Å². The molecule has 0 unspecified atom stereocenters. The number of aliphatic hydroxyl groups is 2. The number of rotatable bonds is 10. The zero-order chi connectivity index (χ0) is 27.0. The molecule has 7 atom stereocenters. The van der Waals surface area contributed by atoms with Crippen molar-refractivity contribution in [2.75, 3.05) is 18.1 Å². The van der Waals surface area contributed by atoms with E-state index in [9.17, 15) is 28.2 Å². The van der Waals surface area contributed by atoms with Crippen LogP contribution in [0.15, 0.2) is 18.6 Å². The number of urea groups is 1. The topological polar surface area (TPSA) is 220 Å². The first-order valence-electron chi connectivity index (χ1n) is 12.1. The number of nitrogen functional groups attached to an aromatic ring is 1. The predicted octanol–water partition coefficient (Wildman–Crippen LogP) is -1.26. The maximum absolute atomic E-state index is 12.3. The van der Waals surface area contributed by atoms with Crippen LogP contribution in [0, 0.1) is 0 Å². The first-order chi connectivity index (χ1) is 18.1. The fourth-order valence-electron chi connectivity index (χ4n) is 4.93. The third-order valence-electron chi connectivity index (χ3n) is 6.84. The summed E-state index contributed by atoms with van der Waals surface area (Å²) < 4.78 is 38.4. The van der Waals surface area contributed by atoms with Gasteiger partial charge in [-0.25, -0.2) is 19.5 Å². The Hall–Kier alpha value is -2.70. The molecule has 0 aliphatic carbocycles. The number of amides is 3. The van der Waals surface area contributed by atoms with Crippen molar-refractivity contribution >= 4 is 50.9 Å². The second-order valence-corrected chi connectivity index (χ2v) is 12.0. The molecule has 2 aromatic rings. The Morgan fingerprint density at radius 1 is 1.29 bits per heavy atom. The zero-order valence-electron chi connectivity index (χ0n) is 20.1. The number of pyridine rings is 1. The van der Waals surface area contributed by atoms with Crippen LogP contribution in [0.3, 0.4) is 0 Å². The molecule has 17 heteroatoms. The van der Waals surface area contributed by atoms with E-state index in [4.69, 9.17) is 14.7 Å². The average Bonchev–Trinajstić information content (AvgIpc) is 3.61. The van der Waals surface area contributed by atoms with Gasteiger partial charge in [0.15, 0.2) is 12.0 Å². The van der Waals surface area contributed by atoms with E-state index in [1.54, 1.807) is 17.8 Å². The maximum Gasteiger partial charge on any atom is 0.362 e. The van der Waals surface area contributed by atoms with Crippen LogP contribution >= 0.6 is 11.8 Å². The van der Waals surface area contributed by atoms with E-state index in [2.05, 4.69) is 20.6 Å². The maximum atomic E-state index is 12.3. The van der Waals surface area contributed by atoms with E-state index in [1.165, 1.54) is 17.1 Å². The number of nitrogens with zero attached hydrogens (tertiary/aromatic N) is 3. The number of fused-ring (bicyclic) bond motifs is 2. The van der Waals surface area contributed by atoms with Crippen molar-refractivity contribution in [1.29, 1.82) is 0 Å². The summed E-state index contributed by atoms with van der Waals surface area (Å²) in [5.74, 6) is 0.299. The van der Waals surface area contributed by atoms with Crippen molar-refractivity contribution in [3.63, 3.8) is 0 Å². The van der Waals surface area contributed by atoms with E-state index in [1.807, 2.05) is 4.72 Å². The summed E-state index contributed by atoms with van der Waals surface area (Å²) in [5.41, 5.74) is 6.70. The number of unbranched alkanes of at least 4 members (excludes halogenated alkanes) is 1. The van der Waals surface area contributed by atoms with Crippen molar-refractivity contribution in [3.8, 4) is 0 Å². The third kappa shape index (κ3) is 5.52. The minimum Gasteiger partial charge on any atom is -0.387 e. The summed E-state index contributed by atoms with van der Waals surface area (Å²) in [6.45, 7) is -0.630. The number of thioether (sulfide) groups is 1. The van der Waals surface area contributed by atoms with E-state index in [0.29, 0.717) is 23.9 Å². The number of hydrogen-bond donors (Lipinski definition) is 6. The third-order valence-corrected chi connectivity index (χ3v) is 9.27. The predicted molar refractivity (Wildman–Crippen MR) is 135 cm³/mol. The van der Waals surface area contributed by atoms with Gasteiger partial charge in [-0.1, -0.05) is 6.42 Å². The summed E-state index contributed by atoms with van der Waals surface area (Å²) in [4.78, 5) is 31.7. The number of carbonyl (C=O) groups is 2. The Morgan fingerprint density at radius 2 is 2.11 bits per heavy atom. The molecule has 0 radical (unpaired) electrons. The number of hydrogen-bond acceptors (Lipinski definition) is 12. The number of carbonyl (C=O) groups excluding carboxylic acids is 2. The van der Waals surface area contributed by atoms with Crippen LogP contribution in [0.2, 0.25) is 0 Å². The smallest absolute Gasteiger partial charge is 0.362 e. The Bertz CT molecular complexity index is 1310. The normalized spacial score (nSPS) is 30.8. The summed E-state index contributed by atoms with van der Waals surface area (Å²) >= 11 is 1.77. The van der Waals surface area contributed by atoms with Crippen LogP contribution in [0.25, 0.3) is 11.0 Å². The van der Waals surface area contributed by atoms with Crippen molar-refractivity contribution in [1.82, 2.24) is 29.9 Å². The van der Waals surface area contributed by atoms with Crippen LogP contribution in [0.4, 0.5) is 10.6 Å². The molecule has 15 nitrogen and oxygen atoms in total. The van der Waals surface area contributed by atoms with Crippen molar-refractivity contribution < 1.29 is 37.1 Å². The van der Waals surface area contributed by atoms with Gasteiger partial charge in [-0.15, -0.1) is 0 Å². The number of ether oxygens (including phenoxy) is 1. The highest BCUT2D eigenvalue weighted by molar-refractivity contribution is 8.00. The Labute approximate surface area is 222 Å². The van der Waals surface area contributed by atoms with Gasteiger partial charge in [-0.3, -0.25) is 8.98 Å². The molecule has 208 valence electrons. The minimum absolute atomic E-state index is 0.0201. The summed E-state index contributed by atoms with van der Waals surface area (Å²) in [5, 5.41) is 26.9. The Kier molecular flexibility index (Phi) is 7.65. The van der Waals surface area contributed by atoms with E-state index < -0.39 is 47.4 Å². The Balaban J connectivity index is 1.07. The SMILES string of the molecule is Nc1nccc2c1ncn2[C@@H]1O[C@H](COS(=O)(=O)NC(=O)CCCC[C@@H]2SC[C@@H]3NC(=O)N[C@@H]32)[C@@H](O)[C@H]1O. The summed E-state index contributed by atoms with van der Waals surface area (Å²) in [6, 6.07) is 1.65. The molecular formula is C21H29N7O8S2. The molecule has 0 spiro atoms. The molecule has 5 rings (SSSR count). The van der Waals surface area contributed by atoms with Crippen LogP contribution in [0.1, 0.15) is 31.9 Å². The zero-order valence-corrected chi connectivity index (χ0v) is 21.7. The highest BCUT2D eigenvalue weighted by atomic mass is 32.2. The molecule has 0 bridgehead atoms. The molecule has 3 aliphatic rings. The number of aliphatic hydroxyl groups excluding tert-OH is 2. The van der Waals surface area contributed by atoms with Crippen molar-refractivity contribution in [3.05, 3.63) is 18.6 Å². The van der Waals surface area contributed by atoms with Gasteiger partial charge in [-0.05, 0) is 18.9 Å². The second-order valence-electron chi connectivity index (χ2n) is 9.39. The second kappa shape index (κ2) is 10.8. The van der Waals surface area contributed by atoms with Crippen molar-refractivity contribution in [2.24, 2.45) is 0 Å². The average molecular weight is 572 g/mol. The highest BCUT2D eigenvalue weighted by Gasteiger charge is 2.45. The van der Waals surface area contributed by atoms with Crippen LogP contribution in [0.5, 0.6) is 0 Å². The number of anilines is 1. The van der Waals surface area contributed by atoms with Crippen molar-refractivity contribution in [2.45, 2.75) is 67.6 Å². The first kappa shape index (κ1) is 26.9.